The van der Waals surface area contributed by atoms with Crippen LogP contribution in [0.1, 0.15) is 45.4 Å². The van der Waals surface area contributed by atoms with Gasteiger partial charge in [-0.15, -0.1) is 0 Å². The molecule has 0 bridgehead atoms. The average molecular weight is 205 g/mol. The molecular weight excluding hydrogens is 188 g/mol. The van der Waals surface area contributed by atoms with E-state index in [9.17, 15) is 0 Å². The minimum atomic E-state index is 0.846. The van der Waals surface area contributed by atoms with Gasteiger partial charge in [0, 0.05) is 4.83 Å². The van der Waals surface area contributed by atoms with Crippen LogP contribution in [0, 0.1) is 5.92 Å². The van der Waals surface area contributed by atoms with Crippen LogP contribution in [-0.2, 0) is 0 Å². The lowest BCUT2D eigenvalue weighted by Gasteiger charge is -2.05. The van der Waals surface area contributed by atoms with Gasteiger partial charge >= 0.3 is 0 Å². The quantitative estimate of drug-likeness (QED) is 0.473. The van der Waals surface area contributed by atoms with Crippen molar-refractivity contribution in [2.24, 2.45) is 5.92 Å². The monoisotopic (exact) mass is 204 g/mol. The Kier molecular flexibility index (Phi) is 3.75. The van der Waals surface area contributed by atoms with Crippen LogP contribution in [0.3, 0.4) is 0 Å². The molecule has 0 heterocycles. The summed E-state index contributed by atoms with van der Waals surface area (Å²) in [5.74, 6) is 1.04. The molecule has 1 unspecified atom stereocenters. The molecule has 1 atom stereocenters. The molecule has 0 aromatic carbocycles. The molecule has 0 aromatic heterocycles. The van der Waals surface area contributed by atoms with E-state index in [1.165, 1.54) is 38.5 Å². The van der Waals surface area contributed by atoms with Crippen LogP contribution in [-0.4, -0.2) is 4.83 Å². The van der Waals surface area contributed by atoms with Crippen LogP contribution < -0.4 is 0 Å². The second-order valence-electron chi connectivity index (χ2n) is 3.35. The van der Waals surface area contributed by atoms with Gasteiger partial charge in [0.05, 0.1) is 0 Å². The summed E-state index contributed by atoms with van der Waals surface area (Å²) in [7, 11) is 0. The first-order valence-corrected chi connectivity index (χ1v) is 5.40. The van der Waals surface area contributed by atoms with Gasteiger partial charge in [-0.25, -0.2) is 0 Å². The molecule has 0 nitrogen and oxygen atoms in total. The van der Waals surface area contributed by atoms with Gasteiger partial charge in [-0.2, -0.15) is 0 Å². The zero-order chi connectivity index (χ0) is 7.40. The number of halogens is 1. The lowest BCUT2D eigenvalue weighted by atomic mass is 10.1. The maximum atomic E-state index is 3.73. The Balaban J connectivity index is 1.90. The topological polar surface area (TPSA) is 0 Å². The van der Waals surface area contributed by atoms with Crippen molar-refractivity contribution in [3.05, 3.63) is 0 Å². The highest BCUT2D eigenvalue weighted by atomic mass is 79.9. The van der Waals surface area contributed by atoms with Crippen molar-refractivity contribution in [2.45, 2.75) is 50.3 Å². The van der Waals surface area contributed by atoms with Gasteiger partial charge in [0.15, 0.2) is 0 Å². The highest BCUT2D eigenvalue weighted by Gasteiger charge is 2.28. The summed E-state index contributed by atoms with van der Waals surface area (Å²) < 4.78 is 0. The number of hydrogen-bond acceptors (Lipinski definition) is 0. The maximum Gasteiger partial charge on any atom is 0.0174 e. The summed E-state index contributed by atoms with van der Waals surface area (Å²) in [6, 6.07) is 0. The molecule has 0 spiro atoms. The van der Waals surface area contributed by atoms with Gasteiger partial charge in [0.2, 0.25) is 0 Å². The lowest BCUT2D eigenvalue weighted by Crippen LogP contribution is -1.99. The second kappa shape index (κ2) is 4.38. The van der Waals surface area contributed by atoms with Gasteiger partial charge in [0.25, 0.3) is 0 Å². The predicted molar refractivity (Wildman–Crippen MR) is 49.6 cm³/mol. The van der Waals surface area contributed by atoms with Gasteiger partial charge in [-0.3, -0.25) is 0 Å². The summed E-state index contributed by atoms with van der Waals surface area (Å²) in [6.45, 7) is 2.26. The average Bonchev–Trinajstić information content (AvgIpc) is 2.69. The van der Waals surface area contributed by atoms with Crippen LogP contribution in [0.4, 0.5) is 0 Å². The first-order valence-electron chi connectivity index (χ1n) is 4.48. The van der Waals surface area contributed by atoms with Crippen molar-refractivity contribution in [1.82, 2.24) is 0 Å². The molecule has 0 N–H and O–H groups in total. The second-order valence-corrected chi connectivity index (χ2v) is 4.53. The highest BCUT2D eigenvalue weighted by Crippen LogP contribution is 2.38. The molecule has 1 rings (SSSR count). The van der Waals surface area contributed by atoms with Crippen LogP contribution in [0.25, 0.3) is 0 Å². The van der Waals surface area contributed by atoms with Crippen molar-refractivity contribution < 1.29 is 0 Å². The molecule has 0 aromatic rings. The standard InChI is InChI=1S/C9H17Br/c1-2-3-4-5-9(10)8-6-7-8/h8-9H,2-7H2,1H3. The third-order valence-corrected chi connectivity index (χ3v) is 3.42. The number of rotatable bonds is 5. The fourth-order valence-electron chi connectivity index (χ4n) is 1.28. The van der Waals surface area contributed by atoms with E-state index < -0.39 is 0 Å². The first kappa shape index (κ1) is 8.58. The summed E-state index contributed by atoms with van der Waals surface area (Å²) in [5.41, 5.74) is 0. The largest absolute Gasteiger partial charge is 0.0888 e. The highest BCUT2D eigenvalue weighted by molar-refractivity contribution is 9.09. The smallest absolute Gasteiger partial charge is 0.0174 e. The van der Waals surface area contributed by atoms with Gasteiger partial charge < -0.3 is 0 Å². The molecule has 1 fully saturated rings. The fraction of sp³-hybridized carbons (Fsp3) is 1.00. The predicted octanol–water partition coefficient (Wildman–Crippen LogP) is 3.74. The summed E-state index contributed by atoms with van der Waals surface area (Å²) in [4.78, 5) is 0.846. The minimum Gasteiger partial charge on any atom is -0.0888 e. The maximum absolute atomic E-state index is 3.73. The normalized spacial score (nSPS) is 21.0. The van der Waals surface area contributed by atoms with Crippen LogP contribution in [0.15, 0.2) is 0 Å². The van der Waals surface area contributed by atoms with Crippen molar-refractivity contribution in [3.63, 3.8) is 0 Å². The molecule has 1 aliphatic rings. The Morgan fingerprint density at radius 3 is 2.60 bits per heavy atom. The van der Waals surface area contributed by atoms with Crippen LogP contribution in [0.5, 0.6) is 0 Å². The van der Waals surface area contributed by atoms with Crippen molar-refractivity contribution in [1.29, 1.82) is 0 Å². The summed E-state index contributed by atoms with van der Waals surface area (Å²) in [6.07, 6.45) is 8.53. The Morgan fingerprint density at radius 2 is 2.10 bits per heavy atom. The zero-order valence-corrected chi connectivity index (χ0v) is 8.36. The Hall–Kier alpha value is 0.480. The summed E-state index contributed by atoms with van der Waals surface area (Å²) in [5, 5.41) is 0. The molecule has 1 aliphatic carbocycles. The van der Waals surface area contributed by atoms with E-state index in [0.717, 1.165) is 10.7 Å². The molecule has 0 radical (unpaired) electrons. The zero-order valence-electron chi connectivity index (χ0n) is 6.78. The molecular formula is C9H17Br. The number of hydrogen-bond donors (Lipinski definition) is 0. The first-order chi connectivity index (χ1) is 4.84. The molecule has 60 valence electrons. The molecule has 1 heteroatoms. The Labute approximate surface area is 72.5 Å². The molecule has 10 heavy (non-hydrogen) atoms. The van der Waals surface area contributed by atoms with Gasteiger partial charge in [-0.1, -0.05) is 42.1 Å². The Morgan fingerprint density at radius 1 is 1.40 bits per heavy atom. The van der Waals surface area contributed by atoms with Crippen LogP contribution in [0.2, 0.25) is 0 Å². The third-order valence-electron chi connectivity index (χ3n) is 2.22. The van der Waals surface area contributed by atoms with E-state index in [1.807, 2.05) is 0 Å². The van der Waals surface area contributed by atoms with E-state index >= 15 is 0 Å². The molecule has 1 saturated carbocycles. The SMILES string of the molecule is CCCCCC(Br)C1CC1. The van der Waals surface area contributed by atoms with Crippen molar-refractivity contribution >= 4 is 15.9 Å². The Bertz CT molecular complexity index is 86.7. The molecule has 0 aliphatic heterocycles. The fourth-order valence-corrected chi connectivity index (χ4v) is 2.14. The van der Waals surface area contributed by atoms with Crippen molar-refractivity contribution in [3.8, 4) is 0 Å². The number of unbranched alkanes of at least 4 members (excludes halogenated alkanes) is 2. The third kappa shape index (κ3) is 3.05. The van der Waals surface area contributed by atoms with Crippen molar-refractivity contribution in [2.75, 3.05) is 0 Å². The van der Waals surface area contributed by atoms with E-state index in [0.29, 0.717) is 0 Å². The molecule has 0 amide bonds. The summed E-state index contributed by atoms with van der Waals surface area (Å²) >= 11 is 3.73. The van der Waals surface area contributed by atoms with E-state index in [-0.39, 0.29) is 0 Å². The van der Waals surface area contributed by atoms with E-state index in [2.05, 4.69) is 22.9 Å². The lowest BCUT2D eigenvalue weighted by molar-refractivity contribution is 0.617. The number of alkyl halides is 1. The minimum absolute atomic E-state index is 0.846. The van der Waals surface area contributed by atoms with Gasteiger partial charge in [-0.05, 0) is 25.2 Å². The van der Waals surface area contributed by atoms with E-state index in [4.69, 9.17) is 0 Å². The van der Waals surface area contributed by atoms with E-state index in [1.54, 1.807) is 0 Å². The van der Waals surface area contributed by atoms with Gasteiger partial charge in [0.1, 0.15) is 0 Å². The van der Waals surface area contributed by atoms with Crippen LogP contribution >= 0.6 is 15.9 Å². The molecule has 0 saturated heterocycles.